The van der Waals surface area contributed by atoms with Crippen LogP contribution in [-0.2, 0) is 4.74 Å². The third-order valence-corrected chi connectivity index (χ3v) is 3.03. The van der Waals surface area contributed by atoms with Gasteiger partial charge in [-0.3, -0.25) is 0 Å². The van der Waals surface area contributed by atoms with Crippen LogP contribution in [0.2, 0.25) is 0 Å². The number of alkyl carbamates (subject to hydrolysis) is 1. The monoisotopic (exact) mass is 278 g/mol. The first-order valence-corrected chi connectivity index (χ1v) is 6.99. The van der Waals surface area contributed by atoms with Crippen LogP contribution >= 0.6 is 0 Å². The van der Waals surface area contributed by atoms with Crippen LogP contribution in [0.4, 0.5) is 4.79 Å². The summed E-state index contributed by atoms with van der Waals surface area (Å²) in [6.45, 7) is 5.57. The summed E-state index contributed by atoms with van der Waals surface area (Å²) in [5.74, 6) is 0.635. The maximum Gasteiger partial charge on any atom is 0.407 e. The third-order valence-electron chi connectivity index (χ3n) is 3.03. The van der Waals surface area contributed by atoms with Crippen LogP contribution in [-0.4, -0.2) is 28.8 Å². The van der Waals surface area contributed by atoms with Crippen LogP contribution in [0, 0.1) is 0 Å². The SMILES string of the molecule is CC(C)(C)OC(=O)N[C@@H]1CC[C@@H](Oc2ccccn2)C1. The van der Waals surface area contributed by atoms with E-state index in [2.05, 4.69) is 10.3 Å². The minimum Gasteiger partial charge on any atom is -0.474 e. The van der Waals surface area contributed by atoms with E-state index in [9.17, 15) is 4.79 Å². The fourth-order valence-corrected chi connectivity index (χ4v) is 2.24. The number of ether oxygens (including phenoxy) is 2. The Morgan fingerprint density at radius 3 is 2.80 bits per heavy atom. The van der Waals surface area contributed by atoms with Crippen molar-refractivity contribution in [3.8, 4) is 5.88 Å². The normalized spacial score (nSPS) is 22.4. The van der Waals surface area contributed by atoms with Crippen molar-refractivity contribution >= 4 is 6.09 Å². The first kappa shape index (κ1) is 14.6. The van der Waals surface area contributed by atoms with Gasteiger partial charge in [-0.05, 0) is 39.7 Å². The van der Waals surface area contributed by atoms with Crippen molar-refractivity contribution in [2.24, 2.45) is 0 Å². The molecule has 5 nitrogen and oxygen atoms in total. The molecule has 1 fully saturated rings. The summed E-state index contributed by atoms with van der Waals surface area (Å²) < 4.78 is 11.0. The second-order valence-corrected chi connectivity index (χ2v) is 6.06. The minimum absolute atomic E-state index is 0.102. The molecule has 0 saturated heterocycles. The lowest BCUT2D eigenvalue weighted by atomic mass is 10.2. The Labute approximate surface area is 119 Å². The lowest BCUT2D eigenvalue weighted by molar-refractivity contribution is 0.0503. The lowest BCUT2D eigenvalue weighted by Crippen LogP contribution is -2.38. The minimum atomic E-state index is -0.466. The smallest absolute Gasteiger partial charge is 0.407 e. The van der Waals surface area contributed by atoms with E-state index in [1.165, 1.54) is 0 Å². The largest absolute Gasteiger partial charge is 0.474 e. The Kier molecular flexibility index (Phi) is 4.47. The van der Waals surface area contributed by atoms with Gasteiger partial charge in [-0.15, -0.1) is 0 Å². The summed E-state index contributed by atoms with van der Waals surface area (Å²) >= 11 is 0. The van der Waals surface area contributed by atoms with Gasteiger partial charge < -0.3 is 14.8 Å². The van der Waals surface area contributed by atoms with E-state index < -0.39 is 5.60 Å². The van der Waals surface area contributed by atoms with Crippen molar-refractivity contribution in [1.82, 2.24) is 10.3 Å². The molecule has 0 aliphatic heterocycles. The molecule has 0 spiro atoms. The van der Waals surface area contributed by atoms with Crippen molar-refractivity contribution in [2.45, 2.75) is 57.8 Å². The maximum absolute atomic E-state index is 11.7. The Bertz CT molecular complexity index is 442. The highest BCUT2D eigenvalue weighted by Gasteiger charge is 2.29. The molecule has 5 heteroatoms. The molecule has 0 bridgehead atoms. The molecule has 1 aromatic heterocycles. The Balaban J connectivity index is 1.77. The average Bonchev–Trinajstić information content (AvgIpc) is 2.75. The van der Waals surface area contributed by atoms with Gasteiger partial charge in [0.05, 0.1) is 0 Å². The van der Waals surface area contributed by atoms with Gasteiger partial charge in [0.1, 0.15) is 11.7 Å². The molecule has 1 aliphatic carbocycles. The average molecular weight is 278 g/mol. The number of nitrogens with one attached hydrogen (secondary N) is 1. The van der Waals surface area contributed by atoms with Crippen LogP contribution < -0.4 is 10.1 Å². The van der Waals surface area contributed by atoms with E-state index in [1.807, 2.05) is 39.0 Å². The highest BCUT2D eigenvalue weighted by atomic mass is 16.6. The predicted molar refractivity (Wildman–Crippen MR) is 75.7 cm³/mol. The molecule has 1 amide bonds. The van der Waals surface area contributed by atoms with Crippen molar-refractivity contribution in [1.29, 1.82) is 0 Å². The number of rotatable bonds is 3. The number of carbonyl (C=O) groups excluding carboxylic acids is 1. The number of amides is 1. The Morgan fingerprint density at radius 1 is 1.35 bits per heavy atom. The lowest BCUT2D eigenvalue weighted by Gasteiger charge is -2.21. The molecule has 2 atom stereocenters. The van der Waals surface area contributed by atoms with E-state index in [-0.39, 0.29) is 18.2 Å². The predicted octanol–water partition coefficient (Wildman–Crippen LogP) is 2.91. The summed E-state index contributed by atoms with van der Waals surface area (Å²) in [6, 6.07) is 5.70. The molecule has 2 rings (SSSR count). The molecule has 110 valence electrons. The van der Waals surface area contributed by atoms with E-state index in [0.717, 1.165) is 19.3 Å². The molecule has 1 aromatic rings. The van der Waals surface area contributed by atoms with Gasteiger partial charge in [-0.25, -0.2) is 9.78 Å². The van der Waals surface area contributed by atoms with Gasteiger partial charge in [0.2, 0.25) is 5.88 Å². The summed E-state index contributed by atoms with van der Waals surface area (Å²) in [7, 11) is 0. The Hall–Kier alpha value is -1.78. The Morgan fingerprint density at radius 2 is 2.15 bits per heavy atom. The van der Waals surface area contributed by atoms with Gasteiger partial charge in [-0.1, -0.05) is 6.07 Å². The summed E-state index contributed by atoms with van der Waals surface area (Å²) in [5, 5.41) is 2.89. The number of carbonyl (C=O) groups is 1. The molecule has 0 radical (unpaired) electrons. The van der Waals surface area contributed by atoms with Crippen molar-refractivity contribution in [3.63, 3.8) is 0 Å². The molecular weight excluding hydrogens is 256 g/mol. The van der Waals surface area contributed by atoms with Crippen molar-refractivity contribution < 1.29 is 14.3 Å². The van der Waals surface area contributed by atoms with Gasteiger partial charge in [-0.2, -0.15) is 0 Å². The summed E-state index contributed by atoms with van der Waals surface area (Å²) in [4.78, 5) is 15.8. The van der Waals surface area contributed by atoms with Crippen LogP contribution in [0.3, 0.4) is 0 Å². The first-order chi connectivity index (χ1) is 9.42. The van der Waals surface area contributed by atoms with Gasteiger partial charge in [0.25, 0.3) is 0 Å². The standard InChI is InChI=1S/C15H22N2O3/c1-15(2,3)20-14(18)17-11-7-8-12(10-11)19-13-6-4-5-9-16-13/h4-6,9,11-12H,7-8,10H2,1-3H3,(H,17,18)/t11-,12-/m1/s1. The van der Waals surface area contributed by atoms with Gasteiger partial charge in [0, 0.05) is 24.7 Å². The van der Waals surface area contributed by atoms with Gasteiger partial charge in [0.15, 0.2) is 0 Å². The number of pyridine rings is 1. The molecule has 1 heterocycles. The highest BCUT2D eigenvalue weighted by Crippen LogP contribution is 2.23. The van der Waals surface area contributed by atoms with Crippen LogP contribution in [0.25, 0.3) is 0 Å². The maximum atomic E-state index is 11.7. The molecule has 1 N–H and O–H groups in total. The molecular formula is C15H22N2O3. The van der Waals surface area contributed by atoms with Crippen LogP contribution in [0.15, 0.2) is 24.4 Å². The third kappa shape index (κ3) is 4.72. The zero-order chi connectivity index (χ0) is 14.6. The fraction of sp³-hybridized carbons (Fsp3) is 0.600. The zero-order valence-electron chi connectivity index (χ0n) is 12.3. The van der Waals surface area contributed by atoms with Crippen molar-refractivity contribution in [2.75, 3.05) is 0 Å². The van der Waals surface area contributed by atoms with E-state index >= 15 is 0 Å². The second kappa shape index (κ2) is 6.11. The van der Waals surface area contributed by atoms with E-state index in [1.54, 1.807) is 6.20 Å². The fourth-order valence-electron chi connectivity index (χ4n) is 2.24. The molecule has 0 unspecified atom stereocenters. The van der Waals surface area contributed by atoms with Crippen LogP contribution in [0.5, 0.6) is 5.88 Å². The van der Waals surface area contributed by atoms with Gasteiger partial charge >= 0.3 is 6.09 Å². The highest BCUT2D eigenvalue weighted by molar-refractivity contribution is 5.68. The van der Waals surface area contributed by atoms with Crippen LogP contribution in [0.1, 0.15) is 40.0 Å². The topological polar surface area (TPSA) is 60.5 Å². The zero-order valence-corrected chi connectivity index (χ0v) is 12.3. The summed E-state index contributed by atoms with van der Waals surface area (Å²) in [5.41, 5.74) is -0.466. The second-order valence-electron chi connectivity index (χ2n) is 6.06. The number of hydrogen-bond acceptors (Lipinski definition) is 4. The first-order valence-electron chi connectivity index (χ1n) is 6.99. The summed E-state index contributed by atoms with van der Waals surface area (Å²) in [6.07, 6.45) is 4.05. The number of hydrogen-bond donors (Lipinski definition) is 1. The van der Waals surface area contributed by atoms with E-state index in [4.69, 9.17) is 9.47 Å². The number of nitrogens with zero attached hydrogens (tertiary/aromatic N) is 1. The van der Waals surface area contributed by atoms with Crippen molar-refractivity contribution in [3.05, 3.63) is 24.4 Å². The quantitative estimate of drug-likeness (QED) is 0.923. The van der Waals surface area contributed by atoms with E-state index in [0.29, 0.717) is 5.88 Å². The molecule has 20 heavy (non-hydrogen) atoms. The number of aromatic nitrogens is 1. The molecule has 1 saturated carbocycles. The molecule has 1 aliphatic rings. The molecule has 0 aromatic carbocycles.